The van der Waals surface area contributed by atoms with Gasteiger partial charge in [0.05, 0.1) is 12.2 Å². The fraction of sp³-hybridized carbons (Fsp3) is 0.667. The van der Waals surface area contributed by atoms with Crippen molar-refractivity contribution in [1.29, 1.82) is 0 Å². The fourth-order valence-electron chi connectivity index (χ4n) is 3.65. The number of carbonyl (C=O) groups is 1. The topological polar surface area (TPSA) is 53.6 Å². The Morgan fingerprint density at radius 2 is 1.65 bits per heavy atom. The van der Waals surface area contributed by atoms with Crippen molar-refractivity contribution in [3.63, 3.8) is 0 Å². The van der Waals surface area contributed by atoms with Gasteiger partial charge in [0.1, 0.15) is 0 Å². The Morgan fingerprint density at radius 3 is 2.15 bits per heavy atom. The van der Waals surface area contributed by atoms with E-state index >= 15 is 0 Å². The summed E-state index contributed by atoms with van der Waals surface area (Å²) < 4.78 is 5.75. The molecular formula is C21H35N3O2. The molecule has 146 valence electrons. The van der Waals surface area contributed by atoms with Gasteiger partial charge in [-0.15, -0.1) is 0 Å². The van der Waals surface area contributed by atoms with Crippen LogP contribution in [0.5, 0.6) is 0 Å². The minimum absolute atomic E-state index is 0.130. The molecule has 1 heterocycles. The number of anilines is 1. The van der Waals surface area contributed by atoms with E-state index in [4.69, 9.17) is 4.74 Å². The summed E-state index contributed by atoms with van der Waals surface area (Å²) in [5, 5.41) is 6.11. The van der Waals surface area contributed by atoms with Crippen molar-refractivity contribution < 1.29 is 9.53 Å². The Bertz CT molecular complexity index is 565. The van der Waals surface area contributed by atoms with Gasteiger partial charge in [-0.05, 0) is 36.8 Å². The van der Waals surface area contributed by atoms with Crippen molar-refractivity contribution in [1.82, 2.24) is 10.2 Å². The predicted molar refractivity (Wildman–Crippen MR) is 108 cm³/mol. The van der Waals surface area contributed by atoms with E-state index in [-0.39, 0.29) is 18.2 Å². The molecule has 0 aromatic heterocycles. The van der Waals surface area contributed by atoms with E-state index < -0.39 is 0 Å². The van der Waals surface area contributed by atoms with Crippen molar-refractivity contribution in [3.05, 3.63) is 29.3 Å². The van der Waals surface area contributed by atoms with Gasteiger partial charge in [-0.2, -0.15) is 0 Å². The van der Waals surface area contributed by atoms with Gasteiger partial charge in [-0.1, -0.05) is 45.9 Å². The number of morpholine rings is 1. The van der Waals surface area contributed by atoms with Gasteiger partial charge in [-0.3, -0.25) is 4.90 Å². The van der Waals surface area contributed by atoms with Crippen LogP contribution in [0.4, 0.5) is 10.5 Å². The van der Waals surface area contributed by atoms with E-state index in [1.54, 1.807) is 0 Å². The minimum Gasteiger partial charge on any atom is -0.373 e. The van der Waals surface area contributed by atoms with Crippen molar-refractivity contribution in [2.24, 2.45) is 0 Å². The van der Waals surface area contributed by atoms with Crippen molar-refractivity contribution in [3.8, 4) is 0 Å². The summed E-state index contributed by atoms with van der Waals surface area (Å²) in [6, 6.07) is 6.15. The third-order valence-corrected chi connectivity index (χ3v) is 4.82. The van der Waals surface area contributed by atoms with Gasteiger partial charge in [0.25, 0.3) is 0 Å². The highest BCUT2D eigenvalue weighted by Crippen LogP contribution is 2.32. The largest absolute Gasteiger partial charge is 0.373 e. The summed E-state index contributed by atoms with van der Waals surface area (Å²) in [5.41, 5.74) is 3.33. The van der Waals surface area contributed by atoms with Crippen LogP contribution in [0, 0.1) is 0 Å². The van der Waals surface area contributed by atoms with Gasteiger partial charge in [0, 0.05) is 31.9 Å². The molecule has 1 aliphatic rings. The molecule has 2 unspecified atom stereocenters. The number of para-hydroxylation sites is 1. The third-order valence-electron chi connectivity index (χ3n) is 4.82. The first-order valence-electron chi connectivity index (χ1n) is 9.83. The van der Waals surface area contributed by atoms with Gasteiger partial charge >= 0.3 is 6.03 Å². The number of rotatable bonds is 6. The number of carbonyl (C=O) groups excluding carboxylic acids is 1. The second-order valence-corrected chi connectivity index (χ2v) is 8.02. The standard InChI is InChI=1S/C21H35N3O2/c1-14(2)18-8-7-9-19(15(3)4)20(18)23-21(25)22-10-11-24-12-16(5)26-17(6)13-24/h7-9,14-17H,10-13H2,1-6H3,(H2,22,23,25). The molecule has 0 saturated carbocycles. The molecule has 2 rings (SSSR count). The van der Waals surface area contributed by atoms with E-state index in [1.807, 2.05) is 0 Å². The lowest BCUT2D eigenvalue weighted by Gasteiger charge is -2.35. The molecule has 2 amide bonds. The minimum atomic E-state index is -0.130. The number of amides is 2. The lowest BCUT2D eigenvalue weighted by Crippen LogP contribution is -2.48. The molecular weight excluding hydrogens is 326 g/mol. The first kappa shape index (κ1) is 20.7. The molecule has 2 N–H and O–H groups in total. The highest BCUT2D eigenvalue weighted by molar-refractivity contribution is 5.91. The van der Waals surface area contributed by atoms with Crippen LogP contribution in [-0.2, 0) is 4.74 Å². The maximum absolute atomic E-state index is 12.5. The van der Waals surface area contributed by atoms with E-state index in [0.29, 0.717) is 18.4 Å². The predicted octanol–water partition coefficient (Wildman–Crippen LogP) is 4.16. The molecule has 26 heavy (non-hydrogen) atoms. The number of ether oxygens (including phenoxy) is 1. The summed E-state index contributed by atoms with van der Waals surface area (Å²) >= 11 is 0. The summed E-state index contributed by atoms with van der Waals surface area (Å²) in [5.74, 6) is 0.723. The molecule has 1 aliphatic heterocycles. The molecule has 0 bridgehead atoms. The number of benzene rings is 1. The maximum Gasteiger partial charge on any atom is 0.319 e. The average Bonchev–Trinajstić information content (AvgIpc) is 2.53. The van der Waals surface area contributed by atoms with Crippen LogP contribution in [0.2, 0.25) is 0 Å². The van der Waals surface area contributed by atoms with Crippen LogP contribution in [0.25, 0.3) is 0 Å². The normalized spacial score (nSPS) is 21.2. The highest BCUT2D eigenvalue weighted by Gasteiger charge is 2.22. The number of urea groups is 1. The molecule has 1 aromatic carbocycles. The average molecular weight is 362 g/mol. The number of nitrogens with one attached hydrogen (secondary N) is 2. The molecule has 0 aliphatic carbocycles. The molecule has 5 nitrogen and oxygen atoms in total. The van der Waals surface area contributed by atoms with Crippen molar-refractivity contribution in [2.45, 2.75) is 65.6 Å². The molecule has 0 spiro atoms. The SMILES string of the molecule is CC1CN(CCNC(=O)Nc2c(C(C)C)cccc2C(C)C)CC(C)O1. The Morgan fingerprint density at radius 1 is 1.12 bits per heavy atom. The maximum atomic E-state index is 12.5. The Hall–Kier alpha value is -1.59. The summed E-state index contributed by atoms with van der Waals surface area (Å²) in [4.78, 5) is 14.8. The Labute approximate surface area is 158 Å². The molecule has 5 heteroatoms. The third kappa shape index (κ3) is 5.71. The quantitative estimate of drug-likeness (QED) is 0.800. The Balaban J connectivity index is 1.93. The van der Waals surface area contributed by atoms with E-state index in [0.717, 1.165) is 25.3 Å². The van der Waals surface area contributed by atoms with E-state index in [2.05, 4.69) is 75.3 Å². The van der Waals surface area contributed by atoms with Crippen LogP contribution in [0.3, 0.4) is 0 Å². The van der Waals surface area contributed by atoms with E-state index in [9.17, 15) is 4.79 Å². The lowest BCUT2D eigenvalue weighted by atomic mass is 9.93. The molecule has 1 saturated heterocycles. The van der Waals surface area contributed by atoms with Crippen LogP contribution in [-0.4, -0.2) is 49.3 Å². The van der Waals surface area contributed by atoms with Crippen molar-refractivity contribution >= 4 is 11.7 Å². The zero-order valence-corrected chi connectivity index (χ0v) is 17.1. The van der Waals surface area contributed by atoms with Crippen molar-refractivity contribution in [2.75, 3.05) is 31.5 Å². The van der Waals surface area contributed by atoms with Crippen LogP contribution in [0.15, 0.2) is 18.2 Å². The van der Waals surface area contributed by atoms with Gasteiger partial charge < -0.3 is 15.4 Å². The zero-order chi connectivity index (χ0) is 19.3. The molecule has 1 aromatic rings. The second-order valence-electron chi connectivity index (χ2n) is 8.02. The Kier molecular flexibility index (Phi) is 7.47. The van der Waals surface area contributed by atoms with Crippen LogP contribution < -0.4 is 10.6 Å². The number of hydrogen-bond donors (Lipinski definition) is 2. The highest BCUT2D eigenvalue weighted by atomic mass is 16.5. The number of hydrogen-bond acceptors (Lipinski definition) is 3. The van der Waals surface area contributed by atoms with Crippen LogP contribution >= 0.6 is 0 Å². The summed E-state index contributed by atoms with van der Waals surface area (Å²) in [6.45, 7) is 16.1. The smallest absolute Gasteiger partial charge is 0.319 e. The summed E-state index contributed by atoms with van der Waals surface area (Å²) in [7, 11) is 0. The monoisotopic (exact) mass is 361 g/mol. The fourth-order valence-corrected chi connectivity index (χ4v) is 3.65. The zero-order valence-electron chi connectivity index (χ0n) is 17.1. The second kappa shape index (κ2) is 9.38. The van der Waals surface area contributed by atoms with Crippen LogP contribution in [0.1, 0.15) is 64.5 Å². The summed E-state index contributed by atoms with van der Waals surface area (Å²) in [6.07, 6.45) is 0.498. The van der Waals surface area contributed by atoms with E-state index in [1.165, 1.54) is 11.1 Å². The lowest BCUT2D eigenvalue weighted by molar-refractivity contribution is -0.0672. The molecule has 1 fully saturated rings. The first-order valence-corrected chi connectivity index (χ1v) is 9.83. The first-order chi connectivity index (χ1) is 12.3. The number of nitrogens with zero attached hydrogens (tertiary/aromatic N) is 1. The van der Waals surface area contributed by atoms with Gasteiger partial charge in [0.15, 0.2) is 0 Å². The van der Waals surface area contributed by atoms with Gasteiger partial charge in [-0.25, -0.2) is 4.79 Å². The molecule has 0 radical (unpaired) electrons. The van der Waals surface area contributed by atoms with Gasteiger partial charge in [0.2, 0.25) is 0 Å². The molecule has 2 atom stereocenters.